The van der Waals surface area contributed by atoms with E-state index in [0.717, 1.165) is 18.0 Å². The average molecular weight is 238 g/mol. The molecule has 6 heteroatoms. The van der Waals surface area contributed by atoms with Crippen molar-refractivity contribution in [3.05, 3.63) is 18.7 Å². The third-order valence-corrected chi connectivity index (χ3v) is 2.95. The zero-order valence-corrected chi connectivity index (χ0v) is 9.51. The van der Waals surface area contributed by atoms with Crippen molar-refractivity contribution in [2.45, 2.75) is 18.9 Å². The maximum atomic E-state index is 5.83. The van der Waals surface area contributed by atoms with Crippen LogP contribution in [0.4, 0.5) is 5.82 Å². The van der Waals surface area contributed by atoms with Gasteiger partial charge in [-0.15, -0.1) is 21.8 Å². The van der Waals surface area contributed by atoms with Crippen molar-refractivity contribution in [3.8, 4) is 0 Å². The van der Waals surface area contributed by atoms with Crippen LogP contribution < -0.4 is 4.90 Å². The van der Waals surface area contributed by atoms with Crippen molar-refractivity contribution in [1.29, 1.82) is 0 Å². The second-order valence-electron chi connectivity index (χ2n) is 3.93. The Morgan fingerprint density at radius 2 is 2.38 bits per heavy atom. The second kappa shape index (κ2) is 3.90. The highest BCUT2D eigenvalue weighted by Crippen LogP contribution is 2.31. The Kier molecular flexibility index (Phi) is 2.40. The van der Waals surface area contributed by atoms with Crippen LogP contribution >= 0.6 is 11.6 Å². The maximum Gasteiger partial charge on any atom is 0.203 e. The molecule has 0 N–H and O–H groups in total. The predicted molar refractivity (Wildman–Crippen MR) is 61.9 cm³/mol. The molecule has 16 heavy (non-hydrogen) atoms. The van der Waals surface area contributed by atoms with Crippen molar-refractivity contribution in [2.24, 2.45) is 0 Å². The fourth-order valence-corrected chi connectivity index (χ4v) is 2.07. The van der Waals surface area contributed by atoms with E-state index in [9.17, 15) is 0 Å². The topological polar surface area (TPSA) is 46.3 Å². The van der Waals surface area contributed by atoms with E-state index in [1.54, 1.807) is 12.5 Å². The monoisotopic (exact) mass is 237 g/mol. The summed E-state index contributed by atoms with van der Waals surface area (Å²) in [6.07, 6.45) is 7.74. The third kappa shape index (κ3) is 1.61. The van der Waals surface area contributed by atoms with Crippen LogP contribution in [0.5, 0.6) is 0 Å². The van der Waals surface area contributed by atoms with Gasteiger partial charge in [0.1, 0.15) is 6.33 Å². The standard InChI is InChI=1S/C10H12ClN5/c11-3-5-16(8-1-2-8)9-10-14-13-7-15(10)6-4-12-9/h4,6-8H,1-3,5H2. The summed E-state index contributed by atoms with van der Waals surface area (Å²) in [4.78, 5) is 6.64. The van der Waals surface area contributed by atoms with E-state index in [1.807, 2.05) is 10.6 Å². The zero-order chi connectivity index (χ0) is 11.0. The highest BCUT2D eigenvalue weighted by Gasteiger charge is 2.31. The molecule has 0 saturated heterocycles. The molecule has 0 bridgehead atoms. The number of fused-ring (bicyclic) bond motifs is 1. The maximum absolute atomic E-state index is 5.83. The summed E-state index contributed by atoms with van der Waals surface area (Å²) >= 11 is 5.83. The summed E-state index contributed by atoms with van der Waals surface area (Å²) in [7, 11) is 0. The van der Waals surface area contributed by atoms with E-state index in [4.69, 9.17) is 11.6 Å². The lowest BCUT2D eigenvalue weighted by atomic mass is 10.4. The van der Waals surface area contributed by atoms with Crippen LogP contribution in [-0.4, -0.2) is 38.0 Å². The molecule has 1 fully saturated rings. The molecule has 0 amide bonds. The van der Waals surface area contributed by atoms with E-state index >= 15 is 0 Å². The molecule has 2 aromatic heterocycles. The lowest BCUT2D eigenvalue weighted by Crippen LogP contribution is -2.29. The Morgan fingerprint density at radius 1 is 1.50 bits per heavy atom. The highest BCUT2D eigenvalue weighted by molar-refractivity contribution is 6.18. The van der Waals surface area contributed by atoms with Gasteiger partial charge in [-0.05, 0) is 12.8 Å². The zero-order valence-electron chi connectivity index (χ0n) is 8.75. The van der Waals surface area contributed by atoms with Crippen LogP contribution in [0.25, 0.3) is 5.65 Å². The van der Waals surface area contributed by atoms with Gasteiger partial charge in [0.2, 0.25) is 5.65 Å². The first-order valence-corrected chi connectivity index (χ1v) is 5.90. The fourth-order valence-electron chi connectivity index (χ4n) is 1.89. The minimum Gasteiger partial charge on any atom is -0.349 e. The molecule has 1 aliphatic carbocycles. The summed E-state index contributed by atoms with van der Waals surface area (Å²) < 4.78 is 1.88. The summed E-state index contributed by atoms with van der Waals surface area (Å²) in [6, 6.07) is 0.578. The Bertz CT molecular complexity index is 493. The van der Waals surface area contributed by atoms with Crippen molar-refractivity contribution in [2.75, 3.05) is 17.3 Å². The number of alkyl halides is 1. The first-order chi connectivity index (χ1) is 7.90. The molecule has 0 aliphatic heterocycles. The Morgan fingerprint density at radius 3 is 3.12 bits per heavy atom. The Balaban J connectivity index is 2.04. The van der Waals surface area contributed by atoms with Crippen molar-refractivity contribution in [1.82, 2.24) is 19.6 Å². The summed E-state index contributed by atoms with van der Waals surface area (Å²) in [5, 5.41) is 8.00. The van der Waals surface area contributed by atoms with Gasteiger partial charge in [0.05, 0.1) is 0 Å². The van der Waals surface area contributed by atoms with Gasteiger partial charge in [0, 0.05) is 30.9 Å². The summed E-state index contributed by atoms with van der Waals surface area (Å²) in [6.45, 7) is 0.811. The number of aromatic nitrogens is 4. The van der Waals surface area contributed by atoms with E-state index < -0.39 is 0 Å². The van der Waals surface area contributed by atoms with Crippen LogP contribution in [0, 0.1) is 0 Å². The van der Waals surface area contributed by atoms with Crippen LogP contribution in [0.1, 0.15) is 12.8 Å². The lowest BCUT2D eigenvalue weighted by molar-refractivity contribution is 0.809. The lowest BCUT2D eigenvalue weighted by Gasteiger charge is -2.22. The van der Waals surface area contributed by atoms with E-state index in [-0.39, 0.29) is 0 Å². The molecule has 1 saturated carbocycles. The van der Waals surface area contributed by atoms with E-state index in [1.165, 1.54) is 12.8 Å². The summed E-state index contributed by atoms with van der Waals surface area (Å²) in [5.74, 6) is 1.50. The van der Waals surface area contributed by atoms with Crippen molar-refractivity contribution >= 4 is 23.1 Å². The van der Waals surface area contributed by atoms with Crippen LogP contribution in [0.2, 0.25) is 0 Å². The molecule has 84 valence electrons. The van der Waals surface area contributed by atoms with Gasteiger partial charge in [0.25, 0.3) is 0 Å². The molecule has 0 aromatic carbocycles. The van der Waals surface area contributed by atoms with Gasteiger partial charge in [-0.1, -0.05) is 0 Å². The van der Waals surface area contributed by atoms with E-state index in [2.05, 4.69) is 20.1 Å². The molecular weight excluding hydrogens is 226 g/mol. The first kappa shape index (κ1) is 9.84. The number of anilines is 1. The van der Waals surface area contributed by atoms with Crippen LogP contribution in [-0.2, 0) is 0 Å². The molecule has 2 aromatic rings. The third-order valence-electron chi connectivity index (χ3n) is 2.78. The van der Waals surface area contributed by atoms with Gasteiger partial charge in [0.15, 0.2) is 5.82 Å². The normalized spacial score (nSPS) is 15.6. The minimum absolute atomic E-state index is 0.578. The molecule has 5 nitrogen and oxygen atoms in total. The minimum atomic E-state index is 0.578. The van der Waals surface area contributed by atoms with Gasteiger partial charge in [-0.25, -0.2) is 4.98 Å². The predicted octanol–water partition coefficient (Wildman–Crippen LogP) is 1.33. The average Bonchev–Trinajstić information content (AvgIpc) is 3.02. The Hall–Kier alpha value is -1.36. The van der Waals surface area contributed by atoms with Gasteiger partial charge in [-0.2, -0.15) is 0 Å². The SMILES string of the molecule is ClCCN(c1nccn2cnnc12)C1CC1. The molecule has 0 radical (unpaired) electrons. The number of nitrogens with zero attached hydrogens (tertiary/aromatic N) is 5. The molecule has 0 atom stereocenters. The van der Waals surface area contributed by atoms with E-state index in [0.29, 0.717) is 11.9 Å². The first-order valence-electron chi connectivity index (χ1n) is 5.37. The summed E-state index contributed by atoms with van der Waals surface area (Å²) in [5.41, 5.74) is 0.805. The molecule has 3 rings (SSSR count). The van der Waals surface area contributed by atoms with Crippen LogP contribution in [0.15, 0.2) is 18.7 Å². The number of rotatable bonds is 4. The van der Waals surface area contributed by atoms with Gasteiger partial charge in [-0.3, -0.25) is 4.40 Å². The Labute approximate surface area is 98.1 Å². The number of halogens is 1. The second-order valence-corrected chi connectivity index (χ2v) is 4.30. The number of hydrogen-bond donors (Lipinski definition) is 0. The van der Waals surface area contributed by atoms with Crippen LogP contribution in [0.3, 0.4) is 0 Å². The van der Waals surface area contributed by atoms with Gasteiger partial charge >= 0.3 is 0 Å². The molecule has 2 heterocycles. The smallest absolute Gasteiger partial charge is 0.203 e. The molecular formula is C10H12ClN5. The molecule has 1 aliphatic rings. The van der Waals surface area contributed by atoms with Gasteiger partial charge < -0.3 is 4.90 Å². The van der Waals surface area contributed by atoms with Crippen molar-refractivity contribution < 1.29 is 0 Å². The quantitative estimate of drug-likeness (QED) is 0.753. The fraction of sp³-hybridized carbons (Fsp3) is 0.500. The number of hydrogen-bond acceptors (Lipinski definition) is 4. The largest absolute Gasteiger partial charge is 0.349 e. The highest BCUT2D eigenvalue weighted by atomic mass is 35.5. The molecule has 0 spiro atoms. The van der Waals surface area contributed by atoms with Crippen molar-refractivity contribution in [3.63, 3.8) is 0 Å². The molecule has 0 unspecified atom stereocenters.